The fraction of sp³-hybridized carbons (Fsp3) is 0.333. The lowest BCUT2D eigenvalue weighted by atomic mass is 10.2. The monoisotopic (exact) mass is 423 g/mol. The zero-order valence-corrected chi connectivity index (χ0v) is 16.5. The Hall–Kier alpha value is -2.95. The number of hydrogen-bond donors (Lipinski definition) is 2. The van der Waals surface area contributed by atoms with E-state index in [-0.39, 0.29) is 0 Å². The summed E-state index contributed by atoms with van der Waals surface area (Å²) in [6.45, 7) is 3.44. The van der Waals surface area contributed by atoms with Crippen LogP contribution >= 0.6 is 11.3 Å². The molecule has 29 heavy (non-hydrogen) atoms. The highest BCUT2D eigenvalue weighted by molar-refractivity contribution is 7.09. The maximum atomic E-state index is 12.6. The minimum atomic E-state index is -4.40. The van der Waals surface area contributed by atoms with Crippen LogP contribution in [0.2, 0.25) is 0 Å². The van der Waals surface area contributed by atoms with Gasteiger partial charge in [0.2, 0.25) is 0 Å². The second kappa shape index (κ2) is 9.50. The predicted octanol–water partition coefficient (Wildman–Crippen LogP) is 3.04. The number of pyridine rings is 1. The van der Waals surface area contributed by atoms with Crippen molar-refractivity contribution in [3.8, 4) is 5.82 Å². The summed E-state index contributed by atoms with van der Waals surface area (Å²) in [7, 11) is 0. The second-order valence-corrected chi connectivity index (χ2v) is 6.91. The Morgan fingerprint density at radius 2 is 2.14 bits per heavy atom. The van der Waals surface area contributed by atoms with Crippen LogP contribution in [0.1, 0.15) is 23.2 Å². The normalized spacial score (nSPS) is 12.2. The van der Waals surface area contributed by atoms with Gasteiger partial charge >= 0.3 is 6.18 Å². The van der Waals surface area contributed by atoms with Crippen molar-refractivity contribution < 1.29 is 13.2 Å². The molecule has 0 saturated heterocycles. The van der Waals surface area contributed by atoms with Crippen LogP contribution in [-0.2, 0) is 19.1 Å². The van der Waals surface area contributed by atoms with Gasteiger partial charge in [0.25, 0.3) is 0 Å². The molecule has 0 aliphatic carbocycles. The summed E-state index contributed by atoms with van der Waals surface area (Å²) in [4.78, 5) is 12.4. The largest absolute Gasteiger partial charge is 0.434 e. The first-order valence-electron chi connectivity index (χ1n) is 8.94. The number of rotatable bonds is 7. The minimum absolute atomic E-state index is 0.379. The standard InChI is InChI=1S/C18H20F3N7S/c1-2-22-17(24-8-5-16-27-14(12-29-16)18(19,20)21)25-11-13-4-7-23-15(10-13)28-9-3-6-26-28/h3-4,6-7,9-10,12H,2,5,8,11H2,1H3,(H2,22,24,25). The zero-order chi connectivity index (χ0) is 20.7. The van der Waals surface area contributed by atoms with Crippen LogP contribution in [0.3, 0.4) is 0 Å². The number of aromatic nitrogens is 4. The van der Waals surface area contributed by atoms with Crippen LogP contribution in [-0.4, -0.2) is 38.8 Å². The van der Waals surface area contributed by atoms with Crippen molar-refractivity contribution in [3.05, 3.63) is 58.4 Å². The molecule has 0 saturated carbocycles. The Kier molecular flexibility index (Phi) is 6.81. The summed E-state index contributed by atoms with van der Waals surface area (Å²) >= 11 is 1.01. The van der Waals surface area contributed by atoms with Crippen LogP contribution in [0.25, 0.3) is 5.82 Å². The van der Waals surface area contributed by atoms with Gasteiger partial charge in [-0.15, -0.1) is 11.3 Å². The number of hydrogen-bond acceptors (Lipinski definition) is 5. The summed E-state index contributed by atoms with van der Waals surface area (Å²) in [6, 6.07) is 5.59. The molecule has 0 spiro atoms. The van der Waals surface area contributed by atoms with E-state index in [9.17, 15) is 13.2 Å². The lowest BCUT2D eigenvalue weighted by molar-refractivity contribution is -0.140. The van der Waals surface area contributed by atoms with Crippen LogP contribution in [0.5, 0.6) is 0 Å². The van der Waals surface area contributed by atoms with Crippen LogP contribution < -0.4 is 10.6 Å². The third-order valence-corrected chi connectivity index (χ3v) is 4.70. The average Bonchev–Trinajstić information content (AvgIpc) is 3.38. The second-order valence-electron chi connectivity index (χ2n) is 5.97. The molecule has 0 bridgehead atoms. The molecule has 7 nitrogen and oxygen atoms in total. The summed E-state index contributed by atoms with van der Waals surface area (Å²) in [5.74, 6) is 1.28. The fourth-order valence-corrected chi connectivity index (χ4v) is 3.25. The highest BCUT2D eigenvalue weighted by Gasteiger charge is 2.33. The average molecular weight is 423 g/mol. The van der Waals surface area contributed by atoms with E-state index < -0.39 is 11.9 Å². The summed E-state index contributed by atoms with van der Waals surface area (Å²) in [6.07, 6.45) is 1.16. The van der Waals surface area contributed by atoms with E-state index in [1.165, 1.54) is 0 Å². The lowest BCUT2D eigenvalue weighted by Gasteiger charge is -2.11. The van der Waals surface area contributed by atoms with Crippen molar-refractivity contribution in [1.29, 1.82) is 0 Å². The number of nitrogens with one attached hydrogen (secondary N) is 2. The third kappa shape index (κ3) is 6.01. The van der Waals surface area contributed by atoms with Gasteiger partial charge in [-0.05, 0) is 30.7 Å². The first kappa shape index (κ1) is 20.8. The SMILES string of the molecule is CCNC(=NCc1ccnc(-n2cccn2)c1)NCCc1nc(C(F)(F)F)cs1. The molecular weight excluding hydrogens is 403 g/mol. The van der Waals surface area contributed by atoms with Gasteiger partial charge < -0.3 is 10.6 Å². The predicted molar refractivity (Wildman–Crippen MR) is 105 cm³/mol. The first-order valence-corrected chi connectivity index (χ1v) is 9.82. The van der Waals surface area contributed by atoms with Crippen LogP contribution in [0.15, 0.2) is 47.2 Å². The Morgan fingerprint density at radius 3 is 2.83 bits per heavy atom. The molecule has 0 fully saturated rings. The van der Waals surface area contributed by atoms with Crippen molar-refractivity contribution in [2.75, 3.05) is 13.1 Å². The van der Waals surface area contributed by atoms with Crippen molar-refractivity contribution in [3.63, 3.8) is 0 Å². The van der Waals surface area contributed by atoms with Crippen molar-refractivity contribution in [1.82, 2.24) is 30.4 Å². The maximum Gasteiger partial charge on any atom is 0.434 e. The zero-order valence-electron chi connectivity index (χ0n) is 15.6. The summed E-state index contributed by atoms with van der Waals surface area (Å²) in [5.41, 5.74) is 0.112. The van der Waals surface area contributed by atoms with E-state index in [0.29, 0.717) is 42.8 Å². The number of halogens is 3. The number of nitrogens with zero attached hydrogens (tertiary/aromatic N) is 5. The Balaban J connectivity index is 1.57. The molecule has 0 amide bonds. The van der Waals surface area contributed by atoms with Crippen molar-refractivity contribution >= 4 is 17.3 Å². The smallest absolute Gasteiger partial charge is 0.357 e. The topological polar surface area (TPSA) is 80.0 Å². The molecule has 0 aromatic carbocycles. The quantitative estimate of drug-likeness (QED) is 0.451. The molecule has 11 heteroatoms. The first-order chi connectivity index (χ1) is 14.0. The molecule has 3 rings (SSSR count). The van der Waals surface area contributed by atoms with Crippen molar-refractivity contribution in [2.24, 2.45) is 4.99 Å². The lowest BCUT2D eigenvalue weighted by Crippen LogP contribution is -2.38. The Morgan fingerprint density at radius 1 is 1.28 bits per heavy atom. The summed E-state index contributed by atoms with van der Waals surface area (Å²) in [5, 5.41) is 11.9. The highest BCUT2D eigenvalue weighted by Crippen LogP contribution is 2.29. The molecule has 3 aromatic heterocycles. The van der Waals surface area contributed by atoms with Crippen molar-refractivity contribution in [2.45, 2.75) is 26.1 Å². The molecule has 154 valence electrons. The van der Waals surface area contributed by atoms with E-state index in [1.54, 1.807) is 17.1 Å². The number of guanidine groups is 1. The molecular formula is C18H20F3N7S. The van der Waals surface area contributed by atoms with Gasteiger partial charge in [0, 0.05) is 43.5 Å². The molecule has 0 unspecified atom stereocenters. The fourth-order valence-electron chi connectivity index (χ4n) is 2.44. The van der Waals surface area contributed by atoms with Gasteiger partial charge in [-0.3, -0.25) is 0 Å². The van der Waals surface area contributed by atoms with Gasteiger partial charge in [0.1, 0.15) is 0 Å². The minimum Gasteiger partial charge on any atom is -0.357 e. The number of aliphatic imine (C=N–C) groups is 1. The third-order valence-electron chi connectivity index (χ3n) is 3.79. The van der Waals surface area contributed by atoms with Gasteiger partial charge in [0.05, 0.1) is 11.6 Å². The molecule has 0 radical (unpaired) electrons. The molecule has 3 heterocycles. The van der Waals surface area contributed by atoms with Crippen LogP contribution in [0, 0.1) is 0 Å². The maximum absolute atomic E-state index is 12.6. The summed E-state index contributed by atoms with van der Waals surface area (Å²) < 4.78 is 39.5. The van der Waals surface area contributed by atoms with Gasteiger partial charge in [0.15, 0.2) is 17.5 Å². The van der Waals surface area contributed by atoms with E-state index >= 15 is 0 Å². The molecule has 3 aromatic rings. The van der Waals surface area contributed by atoms with E-state index in [0.717, 1.165) is 22.3 Å². The highest BCUT2D eigenvalue weighted by atomic mass is 32.1. The molecule has 0 aliphatic heterocycles. The Labute approximate surface area is 169 Å². The van der Waals surface area contributed by atoms with Gasteiger partial charge in [-0.25, -0.2) is 19.6 Å². The van der Waals surface area contributed by atoms with Gasteiger partial charge in [-0.2, -0.15) is 18.3 Å². The van der Waals surface area contributed by atoms with Gasteiger partial charge in [-0.1, -0.05) is 0 Å². The van der Waals surface area contributed by atoms with E-state index in [4.69, 9.17) is 0 Å². The van der Waals surface area contributed by atoms with Crippen LogP contribution in [0.4, 0.5) is 13.2 Å². The molecule has 0 aliphatic rings. The number of thiazole rings is 1. The van der Waals surface area contributed by atoms with E-state index in [1.807, 2.05) is 31.3 Å². The number of alkyl halides is 3. The molecule has 0 atom stereocenters. The van der Waals surface area contributed by atoms with E-state index in [2.05, 4.69) is 30.7 Å². The molecule has 2 N–H and O–H groups in total. The Bertz CT molecular complexity index is 935.